The summed E-state index contributed by atoms with van der Waals surface area (Å²) in [5, 5.41) is 0. The minimum absolute atomic E-state index is 0.233. The van der Waals surface area contributed by atoms with Gasteiger partial charge in [0.15, 0.2) is 0 Å². The zero-order valence-electron chi connectivity index (χ0n) is 19.6. The van der Waals surface area contributed by atoms with Crippen LogP contribution in [0.5, 0.6) is 0 Å². The van der Waals surface area contributed by atoms with Gasteiger partial charge in [-0.1, -0.05) is 35.4 Å². The number of benzene rings is 1. The van der Waals surface area contributed by atoms with Gasteiger partial charge in [0, 0.05) is 50.8 Å². The van der Waals surface area contributed by atoms with Crippen LogP contribution >= 0.6 is 0 Å². The molecule has 2 aliphatic heterocycles. The number of carbonyl (C=O) groups excluding carboxylic acids is 1. The standard InChI is InChI=1S/C27H33N3O3/c1-20-13-21(2)15-24(14-20)27(5-10-32-11-6-27)26(31)30-9-12-33-19-23(18-30)16-22-3-4-25-28-7-8-29(25)17-22/h3-4,7-8,13-15,17,23H,5-6,9-12,16,18-19H2,1-2H3/t23-/m0/s1. The molecule has 2 aliphatic rings. The van der Waals surface area contributed by atoms with Crippen LogP contribution < -0.4 is 0 Å². The van der Waals surface area contributed by atoms with Gasteiger partial charge >= 0.3 is 0 Å². The van der Waals surface area contributed by atoms with Crippen molar-refractivity contribution in [2.24, 2.45) is 5.92 Å². The second-order valence-electron chi connectivity index (χ2n) is 9.70. The lowest BCUT2D eigenvalue weighted by Crippen LogP contribution is -2.51. The number of rotatable bonds is 4. The SMILES string of the molecule is Cc1cc(C)cc(C2(C(=O)N3CCOC[C@@H](Cc4ccc5nccn5c4)C3)CCOCC2)c1. The molecule has 2 aromatic heterocycles. The van der Waals surface area contributed by atoms with E-state index in [1.54, 1.807) is 0 Å². The van der Waals surface area contributed by atoms with E-state index in [0.29, 0.717) is 39.5 Å². The lowest BCUT2D eigenvalue weighted by molar-refractivity contribution is -0.141. The molecule has 0 radical (unpaired) electrons. The maximum absolute atomic E-state index is 14.2. The summed E-state index contributed by atoms with van der Waals surface area (Å²) in [7, 11) is 0. The van der Waals surface area contributed by atoms with Crippen LogP contribution in [0.25, 0.3) is 5.65 Å². The van der Waals surface area contributed by atoms with Gasteiger partial charge in [-0.25, -0.2) is 4.98 Å². The minimum atomic E-state index is -0.514. The topological polar surface area (TPSA) is 56.1 Å². The van der Waals surface area contributed by atoms with Gasteiger partial charge in [0.05, 0.1) is 18.6 Å². The fourth-order valence-electron chi connectivity index (χ4n) is 5.51. The molecule has 0 spiro atoms. The van der Waals surface area contributed by atoms with Gasteiger partial charge in [-0.3, -0.25) is 4.79 Å². The molecular formula is C27H33N3O3. The van der Waals surface area contributed by atoms with Crippen molar-refractivity contribution in [2.75, 3.05) is 39.5 Å². The molecule has 1 aromatic carbocycles. The average Bonchev–Trinajstić information content (AvgIpc) is 3.16. The van der Waals surface area contributed by atoms with Crippen LogP contribution in [-0.2, 0) is 26.1 Å². The summed E-state index contributed by atoms with van der Waals surface area (Å²) in [5.41, 5.74) is 5.22. The number of aromatic nitrogens is 2. The Morgan fingerprint density at radius 3 is 2.67 bits per heavy atom. The number of aryl methyl sites for hydroxylation is 2. The smallest absolute Gasteiger partial charge is 0.233 e. The number of imidazole rings is 1. The number of ether oxygens (including phenoxy) is 2. The molecule has 0 bridgehead atoms. The number of fused-ring (bicyclic) bond motifs is 1. The first-order valence-corrected chi connectivity index (χ1v) is 12.0. The van der Waals surface area contributed by atoms with Crippen molar-refractivity contribution >= 4 is 11.6 Å². The highest BCUT2D eigenvalue weighted by Crippen LogP contribution is 2.38. The van der Waals surface area contributed by atoms with Gasteiger partial charge in [-0.05, 0) is 50.3 Å². The monoisotopic (exact) mass is 447 g/mol. The Balaban J connectivity index is 1.40. The highest BCUT2D eigenvalue weighted by Gasteiger charge is 2.44. The molecule has 2 fully saturated rings. The predicted molar refractivity (Wildman–Crippen MR) is 127 cm³/mol. The Bertz CT molecular complexity index is 1110. The van der Waals surface area contributed by atoms with Crippen LogP contribution in [0.4, 0.5) is 0 Å². The van der Waals surface area contributed by atoms with Crippen molar-refractivity contribution in [3.63, 3.8) is 0 Å². The third-order valence-electron chi connectivity index (χ3n) is 7.13. The van der Waals surface area contributed by atoms with Crippen molar-refractivity contribution in [1.29, 1.82) is 0 Å². The summed E-state index contributed by atoms with van der Waals surface area (Å²) in [5.74, 6) is 0.491. The van der Waals surface area contributed by atoms with E-state index < -0.39 is 5.41 Å². The van der Waals surface area contributed by atoms with E-state index >= 15 is 0 Å². The first-order chi connectivity index (χ1) is 16.0. The van der Waals surface area contributed by atoms with Crippen LogP contribution in [0.15, 0.2) is 48.9 Å². The molecule has 0 saturated carbocycles. The molecule has 5 rings (SSSR count). The fourth-order valence-corrected chi connectivity index (χ4v) is 5.51. The van der Waals surface area contributed by atoms with E-state index in [-0.39, 0.29) is 11.8 Å². The van der Waals surface area contributed by atoms with Crippen LogP contribution in [0.1, 0.15) is 35.1 Å². The Morgan fingerprint density at radius 1 is 1.09 bits per heavy atom. The summed E-state index contributed by atoms with van der Waals surface area (Å²) in [6, 6.07) is 10.8. The van der Waals surface area contributed by atoms with Crippen LogP contribution in [-0.4, -0.2) is 59.7 Å². The van der Waals surface area contributed by atoms with E-state index in [1.807, 2.05) is 22.9 Å². The number of amides is 1. The van der Waals surface area contributed by atoms with Crippen molar-refractivity contribution in [3.05, 3.63) is 71.2 Å². The molecule has 174 valence electrons. The van der Waals surface area contributed by atoms with Crippen molar-refractivity contribution in [3.8, 4) is 0 Å². The number of pyridine rings is 1. The van der Waals surface area contributed by atoms with Gasteiger partial charge < -0.3 is 18.8 Å². The van der Waals surface area contributed by atoms with Crippen LogP contribution in [0.3, 0.4) is 0 Å². The normalized spacial score (nSPS) is 21.2. The summed E-state index contributed by atoms with van der Waals surface area (Å²) in [6.45, 7) is 8.09. The number of hydrogen-bond donors (Lipinski definition) is 0. The summed E-state index contributed by atoms with van der Waals surface area (Å²) in [4.78, 5) is 20.6. The average molecular weight is 448 g/mol. The molecule has 3 aromatic rings. The largest absolute Gasteiger partial charge is 0.381 e. The highest BCUT2D eigenvalue weighted by molar-refractivity contribution is 5.88. The van der Waals surface area contributed by atoms with Crippen LogP contribution in [0, 0.1) is 19.8 Å². The zero-order chi connectivity index (χ0) is 22.8. The number of hydrogen-bond acceptors (Lipinski definition) is 4. The Labute approximate surface area is 195 Å². The second kappa shape index (κ2) is 9.27. The predicted octanol–water partition coefficient (Wildman–Crippen LogP) is 3.72. The first kappa shape index (κ1) is 22.1. The highest BCUT2D eigenvalue weighted by atomic mass is 16.5. The van der Waals surface area contributed by atoms with E-state index in [1.165, 1.54) is 16.7 Å². The third-order valence-corrected chi connectivity index (χ3v) is 7.13. The maximum Gasteiger partial charge on any atom is 0.233 e. The van der Waals surface area contributed by atoms with E-state index in [2.05, 4.69) is 54.2 Å². The van der Waals surface area contributed by atoms with E-state index in [0.717, 1.165) is 30.5 Å². The summed E-state index contributed by atoms with van der Waals surface area (Å²) in [6.07, 6.45) is 8.25. The molecule has 0 aliphatic carbocycles. The molecule has 1 amide bonds. The van der Waals surface area contributed by atoms with Crippen LogP contribution in [0.2, 0.25) is 0 Å². The quantitative estimate of drug-likeness (QED) is 0.612. The van der Waals surface area contributed by atoms with Crippen molar-refractivity contribution in [1.82, 2.24) is 14.3 Å². The maximum atomic E-state index is 14.2. The van der Waals surface area contributed by atoms with Gasteiger partial charge in [0.25, 0.3) is 0 Å². The van der Waals surface area contributed by atoms with Crippen molar-refractivity contribution in [2.45, 2.75) is 38.5 Å². The first-order valence-electron chi connectivity index (χ1n) is 12.0. The molecule has 4 heterocycles. The molecule has 33 heavy (non-hydrogen) atoms. The number of nitrogens with zero attached hydrogens (tertiary/aromatic N) is 3. The second-order valence-corrected chi connectivity index (χ2v) is 9.70. The summed E-state index contributed by atoms with van der Waals surface area (Å²) >= 11 is 0. The molecule has 0 N–H and O–H groups in total. The lowest BCUT2D eigenvalue weighted by Gasteiger charge is -2.40. The minimum Gasteiger partial charge on any atom is -0.381 e. The van der Waals surface area contributed by atoms with Gasteiger partial charge in [0.1, 0.15) is 5.65 Å². The molecular weight excluding hydrogens is 414 g/mol. The summed E-state index contributed by atoms with van der Waals surface area (Å²) < 4.78 is 13.7. The Morgan fingerprint density at radius 2 is 1.88 bits per heavy atom. The molecule has 1 atom stereocenters. The zero-order valence-corrected chi connectivity index (χ0v) is 19.6. The molecule has 6 heteroatoms. The molecule has 6 nitrogen and oxygen atoms in total. The third kappa shape index (κ3) is 4.55. The van der Waals surface area contributed by atoms with Crippen molar-refractivity contribution < 1.29 is 14.3 Å². The lowest BCUT2D eigenvalue weighted by atomic mass is 9.72. The van der Waals surface area contributed by atoms with E-state index in [4.69, 9.17) is 9.47 Å². The Kier molecular flexibility index (Phi) is 6.21. The van der Waals surface area contributed by atoms with Gasteiger partial charge in [-0.15, -0.1) is 0 Å². The Hall–Kier alpha value is -2.70. The van der Waals surface area contributed by atoms with Gasteiger partial charge in [0.2, 0.25) is 5.91 Å². The van der Waals surface area contributed by atoms with Gasteiger partial charge in [-0.2, -0.15) is 0 Å². The van der Waals surface area contributed by atoms with E-state index in [9.17, 15) is 4.79 Å². The fraction of sp³-hybridized carbons (Fsp3) is 0.481. The molecule has 2 saturated heterocycles. The number of carbonyl (C=O) groups is 1. The molecule has 0 unspecified atom stereocenters.